The predicted octanol–water partition coefficient (Wildman–Crippen LogP) is 3.51. The lowest BCUT2D eigenvalue weighted by atomic mass is 9.70. The van der Waals surface area contributed by atoms with Gasteiger partial charge in [-0.3, -0.25) is 9.59 Å². The molecule has 0 bridgehead atoms. The van der Waals surface area contributed by atoms with Crippen molar-refractivity contribution in [1.82, 2.24) is 0 Å². The molecule has 4 nitrogen and oxygen atoms in total. The zero-order valence-corrected chi connectivity index (χ0v) is 14.8. The lowest BCUT2D eigenvalue weighted by Crippen LogP contribution is -2.35. The number of ketones is 1. The van der Waals surface area contributed by atoms with Gasteiger partial charge < -0.3 is 9.84 Å². The van der Waals surface area contributed by atoms with Gasteiger partial charge in [-0.25, -0.2) is 0 Å². The Hall–Kier alpha value is -1.68. The van der Waals surface area contributed by atoms with Gasteiger partial charge in [-0.15, -0.1) is 0 Å². The van der Waals surface area contributed by atoms with Crippen LogP contribution in [0.3, 0.4) is 0 Å². The van der Waals surface area contributed by atoms with Crippen LogP contribution in [0.25, 0.3) is 0 Å². The molecule has 1 aliphatic carbocycles. The van der Waals surface area contributed by atoms with Crippen LogP contribution < -0.4 is 0 Å². The van der Waals surface area contributed by atoms with Crippen LogP contribution in [0.1, 0.15) is 53.4 Å². The van der Waals surface area contributed by atoms with E-state index >= 15 is 0 Å². The Morgan fingerprint density at radius 1 is 1.48 bits per heavy atom. The van der Waals surface area contributed by atoms with E-state index in [0.717, 1.165) is 17.6 Å². The second kappa shape index (κ2) is 8.25. The molecule has 0 saturated heterocycles. The maximum atomic E-state index is 12.2. The molecule has 0 aromatic heterocycles. The molecule has 2 atom stereocenters. The van der Waals surface area contributed by atoms with Crippen molar-refractivity contribution in [3.63, 3.8) is 0 Å². The third kappa shape index (κ3) is 4.90. The third-order valence-corrected chi connectivity index (χ3v) is 4.47. The van der Waals surface area contributed by atoms with Crippen molar-refractivity contribution in [3.8, 4) is 0 Å². The molecular formula is C19H28O4. The SMILES string of the molecule is COC(=O)C1(C)CCC(=O)C(C)=C1/C=C/C(C)=C/CCC(C)O. The molecule has 0 aromatic carbocycles. The van der Waals surface area contributed by atoms with Crippen molar-refractivity contribution in [2.24, 2.45) is 5.41 Å². The van der Waals surface area contributed by atoms with Crippen molar-refractivity contribution in [2.45, 2.75) is 59.5 Å². The number of methoxy groups -OCH3 is 1. The minimum atomic E-state index is -0.775. The van der Waals surface area contributed by atoms with Crippen LogP contribution in [-0.2, 0) is 14.3 Å². The number of carbonyl (C=O) groups is 2. The van der Waals surface area contributed by atoms with Crippen LogP contribution >= 0.6 is 0 Å². The Morgan fingerprint density at radius 3 is 2.70 bits per heavy atom. The van der Waals surface area contributed by atoms with E-state index in [4.69, 9.17) is 4.74 Å². The summed E-state index contributed by atoms with van der Waals surface area (Å²) in [7, 11) is 1.38. The summed E-state index contributed by atoms with van der Waals surface area (Å²) in [6.07, 6.45) is 7.85. The first-order valence-corrected chi connectivity index (χ1v) is 8.08. The van der Waals surface area contributed by atoms with Crippen molar-refractivity contribution in [3.05, 3.63) is 34.9 Å². The zero-order valence-electron chi connectivity index (χ0n) is 14.8. The minimum Gasteiger partial charge on any atom is -0.468 e. The van der Waals surface area contributed by atoms with E-state index in [1.54, 1.807) is 13.8 Å². The van der Waals surface area contributed by atoms with Crippen LogP contribution in [0.5, 0.6) is 0 Å². The molecule has 0 amide bonds. The average Bonchev–Trinajstić information content (AvgIpc) is 2.50. The van der Waals surface area contributed by atoms with E-state index in [1.807, 2.05) is 32.1 Å². The number of hydrogen-bond donors (Lipinski definition) is 1. The van der Waals surface area contributed by atoms with Crippen LogP contribution in [0.4, 0.5) is 0 Å². The number of hydrogen-bond acceptors (Lipinski definition) is 4. The van der Waals surface area contributed by atoms with Gasteiger partial charge in [0.2, 0.25) is 0 Å². The van der Waals surface area contributed by atoms with Crippen molar-refractivity contribution in [1.29, 1.82) is 0 Å². The van der Waals surface area contributed by atoms with E-state index in [1.165, 1.54) is 7.11 Å². The van der Waals surface area contributed by atoms with E-state index < -0.39 is 5.41 Å². The molecule has 0 aromatic rings. The molecule has 0 heterocycles. The number of ether oxygens (including phenoxy) is 1. The second-order valence-corrected chi connectivity index (χ2v) is 6.49. The molecule has 0 aliphatic heterocycles. The van der Waals surface area contributed by atoms with Crippen molar-refractivity contribution >= 4 is 11.8 Å². The van der Waals surface area contributed by atoms with E-state index in [0.29, 0.717) is 24.8 Å². The van der Waals surface area contributed by atoms with Gasteiger partial charge in [0.05, 0.1) is 18.6 Å². The molecule has 4 heteroatoms. The average molecular weight is 320 g/mol. The van der Waals surface area contributed by atoms with Crippen LogP contribution in [0.2, 0.25) is 0 Å². The van der Waals surface area contributed by atoms with Gasteiger partial charge in [0, 0.05) is 6.42 Å². The Labute approximate surface area is 138 Å². The first kappa shape index (κ1) is 19.4. The number of aliphatic hydroxyl groups excluding tert-OH is 1. The summed E-state index contributed by atoms with van der Waals surface area (Å²) in [6, 6.07) is 0. The van der Waals surface area contributed by atoms with E-state index in [2.05, 4.69) is 0 Å². The molecule has 23 heavy (non-hydrogen) atoms. The summed E-state index contributed by atoms with van der Waals surface area (Å²) in [6.45, 7) is 7.34. The predicted molar refractivity (Wildman–Crippen MR) is 90.9 cm³/mol. The second-order valence-electron chi connectivity index (χ2n) is 6.49. The molecule has 0 saturated carbocycles. The molecule has 1 aliphatic rings. The number of allylic oxidation sites excluding steroid dienone is 5. The topological polar surface area (TPSA) is 63.6 Å². The highest BCUT2D eigenvalue weighted by Gasteiger charge is 2.42. The van der Waals surface area contributed by atoms with Crippen LogP contribution in [-0.4, -0.2) is 30.1 Å². The van der Waals surface area contributed by atoms with E-state index in [-0.39, 0.29) is 17.9 Å². The van der Waals surface area contributed by atoms with Gasteiger partial charge in [0.15, 0.2) is 5.78 Å². The molecule has 0 radical (unpaired) electrons. The molecular weight excluding hydrogens is 292 g/mol. The Morgan fingerprint density at radius 2 is 2.13 bits per heavy atom. The maximum Gasteiger partial charge on any atom is 0.316 e. The molecule has 1 rings (SSSR count). The number of esters is 1. The van der Waals surface area contributed by atoms with Gasteiger partial charge >= 0.3 is 5.97 Å². The summed E-state index contributed by atoms with van der Waals surface area (Å²) in [4.78, 5) is 24.2. The first-order valence-electron chi connectivity index (χ1n) is 8.08. The number of Topliss-reactive ketones (excluding diaryl/α,β-unsaturated/α-hetero) is 1. The Balaban J connectivity index is 3.04. The van der Waals surface area contributed by atoms with Gasteiger partial charge in [0.25, 0.3) is 0 Å². The van der Waals surface area contributed by atoms with Gasteiger partial charge in [-0.05, 0) is 58.1 Å². The number of aliphatic hydroxyl groups is 1. The first-order chi connectivity index (χ1) is 10.7. The minimum absolute atomic E-state index is 0.0850. The van der Waals surface area contributed by atoms with Crippen molar-refractivity contribution < 1.29 is 19.4 Å². The highest BCUT2D eigenvalue weighted by molar-refractivity contribution is 6.00. The van der Waals surface area contributed by atoms with Gasteiger partial charge in [-0.1, -0.05) is 23.8 Å². The van der Waals surface area contributed by atoms with Crippen LogP contribution in [0.15, 0.2) is 34.9 Å². The fourth-order valence-electron chi connectivity index (χ4n) is 2.83. The largest absolute Gasteiger partial charge is 0.468 e. The Kier molecular flexibility index (Phi) is 6.95. The molecule has 0 spiro atoms. The lowest BCUT2D eigenvalue weighted by Gasteiger charge is -2.33. The van der Waals surface area contributed by atoms with Crippen LogP contribution in [0, 0.1) is 5.41 Å². The molecule has 0 fully saturated rings. The van der Waals surface area contributed by atoms with Crippen molar-refractivity contribution in [2.75, 3.05) is 7.11 Å². The molecule has 128 valence electrons. The lowest BCUT2D eigenvalue weighted by molar-refractivity contribution is -0.150. The normalized spacial score (nSPS) is 24.3. The molecule has 2 unspecified atom stereocenters. The standard InChI is InChI=1S/C19H28O4/c1-13(7-6-8-14(2)20)9-10-16-15(3)17(21)11-12-19(16,4)18(22)23-5/h7,9-10,14,20H,6,8,11-12H2,1-5H3/b10-9+,13-7+. The summed E-state index contributed by atoms with van der Waals surface area (Å²) < 4.78 is 4.94. The highest BCUT2D eigenvalue weighted by atomic mass is 16.5. The van der Waals surface area contributed by atoms with Gasteiger partial charge in [0.1, 0.15) is 0 Å². The van der Waals surface area contributed by atoms with Gasteiger partial charge in [-0.2, -0.15) is 0 Å². The fraction of sp³-hybridized carbons (Fsp3) is 0.579. The quantitative estimate of drug-likeness (QED) is 0.601. The van der Waals surface area contributed by atoms with E-state index in [9.17, 15) is 14.7 Å². The third-order valence-electron chi connectivity index (χ3n) is 4.47. The number of rotatable bonds is 6. The summed E-state index contributed by atoms with van der Waals surface area (Å²) in [5.74, 6) is -0.221. The monoisotopic (exact) mass is 320 g/mol. The summed E-state index contributed by atoms with van der Waals surface area (Å²) in [5, 5.41) is 9.28. The summed E-state index contributed by atoms with van der Waals surface area (Å²) >= 11 is 0. The Bertz CT molecular complexity index is 552. The summed E-state index contributed by atoms with van der Waals surface area (Å²) in [5.41, 5.74) is 1.64. The fourth-order valence-corrected chi connectivity index (χ4v) is 2.83. The smallest absolute Gasteiger partial charge is 0.316 e. The number of carbonyl (C=O) groups excluding carboxylic acids is 2. The molecule has 1 N–H and O–H groups in total. The zero-order chi connectivity index (χ0) is 17.6. The highest BCUT2D eigenvalue weighted by Crippen LogP contribution is 2.41. The maximum absolute atomic E-state index is 12.2.